The number of nitrogens with zero attached hydrogens (tertiary/aromatic N) is 2. The van der Waals surface area contributed by atoms with Crippen LogP contribution in [0.3, 0.4) is 0 Å². The number of Topliss-reactive ketones (excluding diaryl/α,β-unsaturated/α-hetero) is 1. The Bertz CT molecular complexity index is 1380. The van der Waals surface area contributed by atoms with Crippen LogP contribution < -0.4 is 15.4 Å². The summed E-state index contributed by atoms with van der Waals surface area (Å²) in [5.41, 5.74) is 1.25. The summed E-state index contributed by atoms with van der Waals surface area (Å²) in [6.45, 7) is 5.85. The van der Waals surface area contributed by atoms with E-state index in [0.717, 1.165) is 48.1 Å². The van der Waals surface area contributed by atoms with Crippen LogP contribution in [-0.4, -0.2) is 45.2 Å². The number of carboxylic acid groups (broad SMARTS) is 1. The van der Waals surface area contributed by atoms with Crippen molar-refractivity contribution in [3.8, 4) is 17.0 Å². The molecular formula is C33H40N4O5. The van der Waals surface area contributed by atoms with Gasteiger partial charge < -0.3 is 20.5 Å². The Morgan fingerprint density at radius 1 is 1.05 bits per heavy atom. The van der Waals surface area contributed by atoms with E-state index in [4.69, 9.17) is 4.74 Å². The van der Waals surface area contributed by atoms with Crippen LogP contribution in [-0.2, 0) is 9.59 Å². The molecule has 0 radical (unpaired) electrons. The molecule has 4 rings (SSSR count). The van der Waals surface area contributed by atoms with Crippen LogP contribution in [0.25, 0.3) is 11.1 Å². The summed E-state index contributed by atoms with van der Waals surface area (Å²) in [6.07, 6.45) is 2.72. The molecule has 1 aliphatic rings. The van der Waals surface area contributed by atoms with Crippen molar-refractivity contribution in [1.82, 2.24) is 20.8 Å². The van der Waals surface area contributed by atoms with Gasteiger partial charge in [0.2, 0.25) is 11.7 Å². The lowest BCUT2D eigenvalue weighted by atomic mass is 9.61. The van der Waals surface area contributed by atoms with E-state index in [1.54, 1.807) is 6.92 Å². The van der Waals surface area contributed by atoms with Gasteiger partial charge in [-0.15, -0.1) is 5.10 Å². The van der Waals surface area contributed by atoms with Crippen molar-refractivity contribution in [2.75, 3.05) is 6.61 Å². The van der Waals surface area contributed by atoms with E-state index in [-0.39, 0.29) is 19.4 Å². The van der Waals surface area contributed by atoms with Crippen molar-refractivity contribution < 1.29 is 24.2 Å². The second-order valence-electron chi connectivity index (χ2n) is 11.4. The normalized spacial score (nSPS) is 15.9. The van der Waals surface area contributed by atoms with Gasteiger partial charge in [0.25, 0.3) is 5.91 Å². The Balaban J connectivity index is 1.60. The lowest BCUT2D eigenvalue weighted by Gasteiger charge is -2.47. The molecule has 0 aliphatic heterocycles. The van der Waals surface area contributed by atoms with Gasteiger partial charge in [-0.1, -0.05) is 86.8 Å². The van der Waals surface area contributed by atoms with Crippen LogP contribution in [0, 0.1) is 12.3 Å². The molecule has 222 valence electrons. The van der Waals surface area contributed by atoms with Crippen molar-refractivity contribution in [2.45, 2.75) is 77.3 Å². The number of aryl methyl sites for hydroxylation is 1. The molecule has 0 saturated heterocycles. The molecule has 2 amide bonds. The quantitative estimate of drug-likeness (QED) is 0.201. The molecule has 3 aromatic rings. The largest absolute Gasteiger partial charge is 0.476 e. The Hall–Kier alpha value is -4.27. The first kappa shape index (κ1) is 30.7. The molecule has 2 atom stereocenters. The summed E-state index contributed by atoms with van der Waals surface area (Å²) < 4.78 is 6.31. The van der Waals surface area contributed by atoms with E-state index in [2.05, 4.69) is 20.8 Å². The maximum absolute atomic E-state index is 13.9. The minimum Gasteiger partial charge on any atom is -0.476 e. The summed E-state index contributed by atoms with van der Waals surface area (Å²) in [6, 6.07) is 20.6. The van der Waals surface area contributed by atoms with Crippen LogP contribution in [0.1, 0.15) is 76.1 Å². The zero-order chi connectivity index (χ0) is 30.2. The van der Waals surface area contributed by atoms with Crippen LogP contribution in [0.5, 0.6) is 5.88 Å². The lowest BCUT2D eigenvalue weighted by molar-refractivity contribution is -0.144. The smallest absolute Gasteiger partial charge is 0.405 e. The minimum absolute atomic E-state index is 0.151. The number of carbonyl (C=O) groups excluding carboxylic acids is 2. The molecule has 1 aliphatic carbocycles. The molecule has 2 aromatic carbocycles. The number of ether oxygens (including phenoxy) is 1. The van der Waals surface area contributed by atoms with Crippen molar-refractivity contribution in [1.29, 1.82) is 0 Å². The number of rotatable bonds is 14. The van der Waals surface area contributed by atoms with E-state index < -0.39 is 34.8 Å². The SMILES string of the molecule is CCCCC(CC1(COc2nnc(C)cc2-c2ccccc2)CCC1)(NC(=O)O)C(=O)C(=O)N[C@H](C)c1ccccc1. The second kappa shape index (κ2) is 13.6. The van der Waals surface area contributed by atoms with E-state index in [9.17, 15) is 19.5 Å². The van der Waals surface area contributed by atoms with E-state index in [1.165, 1.54) is 0 Å². The van der Waals surface area contributed by atoms with Crippen molar-refractivity contribution in [2.24, 2.45) is 5.41 Å². The molecule has 3 N–H and O–H groups in total. The Labute approximate surface area is 247 Å². The topological polar surface area (TPSA) is 131 Å². The highest BCUT2D eigenvalue weighted by Gasteiger charge is 2.51. The van der Waals surface area contributed by atoms with Gasteiger partial charge in [-0.2, -0.15) is 5.10 Å². The fourth-order valence-corrected chi connectivity index (χ4v) is 5.75. The van der Waals surface area contributed by atoms with Gasteiger partial charge in [-0.3, -0.25) is 9.59 Å². The molecule has 0 spiro atoms. The number of hydrogen-bond donors (Lipinski definition) is 3. The number of hydrogen-bond acceptors (Lipinski definition) is 6. The predicted octanol–water partition coefficient (Wildman–Crippen LogP) is 6.03. The molecule has 1 unspecified atom stereocenters. The summed E-state index contributed by atoms with van der Waals surface area (Å²) in [5.74, 6) is -1.20. The third-order valence-corrected chi connectivity index (χ3v) is 8.16. The summed E-state index contributed by atoms with van der Waals surface area (Å²) in [7, 11) is 0. The van der Waals surface area contributed by atoms with Crippen LogP contribution >= 0.6 is 0 Å². The first-order chi connectivity index (χ1) is 20.2. The standard InChI is InChI=1S/C33H40N4O5/c1-4-5-19-33(35-31(40)41,28(38)29(39)34-24(3)25-13-8-6-9-14-25)21-32(17-12-18-32)22-42-30-27(20-23(2)36-37-30)26-15-10-7-11-16-26/h6-11,13-16,20,24,35H,4-5,12,17-19,21-22H2,1-3H3,(H,34,39)(H,40,41)/t24-,33?/m1/s1. The molecule has 42 heavy (non-hydrogen) atoms. The maximum atomic E-state index is 13.9. The highest BCUT2D eigenvalue weighted by Crippen LogP contribution is 2.48. The van der Waals surface area contributed by atoms with Gasteiger partial charge >= 0.3 is 6.09 Å². The molecule has 9 nitrogen and oxygen atoms in total. The predicted molar refractivity (Wildman–Crippen MR) is 160 cm³/mol. The number of nitrogens with one attached hydrogen (secondary N) is 2. The number of amides is 2. The second-order valence-corrected chi connectivity index (χ2v) is 11.4. The highest BCUT2D eigenvalue weighted by atomic mass is 16.5. The van der Waals surface area contributed by atoms with E-state index in [0.29, 0.717) is 12.3 Å². The summed E-state index contributed by atoms with van der Waals surface area (Å²) >= 11 is 0. The number of unbranched alkanes of at least 4 members (excludes halogenated alkanes) is 1. The summed E-state index contributed by atoms with van der Waals surface area (Å²) in [5, 5.41) is 23.7. The number of ketones is 1. The summed E-state index contributed by atoms with van der Waals surface area (Å²) in [4.78, 5) is 39.4. The van der Waals surface area contributed by atoms with Gasteiger partial charge in [0.15, 0.2) is 0 Å². The van der Waals surface area contributed by atoms with Crippen LogP contribution in [0.2, 0.25) is 0 Å². The lowest BCUT2D eigenvalue weighted by Crippen LogP contribution is -2.62. The number of aromatic nitrogens is 2. The van der Waals surface area contributed by atoms with Crippen molar-refractivity contribution >= 4 is 17.8 Å². The van der Waals surface area contributed by atoms with Gasteiger partial charge in [0.1, 0.15) is 5.54 Å². The molecule has 1 heterocycles. The molecular weight excluding hydrogens is 532 g/mol. The first-order valence-electron chi connectivity index (χ1n) is 14.6. The number of benzene rings is 2. The van der Waals surface area contributed by atoms with Gasteiger partial charge in [-0.05, 0) is 56.7 Å². The van der Waals surface area contributed by atoms with Crippen LogP contribution in [0.15, 0.2) is 66.7 Å². The highest BCUT2D eigenvalue weighted by molar-refractivity contribution is 6.40. The Morgan fingerprint density at radius 2 is 1.71 bits per heavy atom. The molecule has 9 heteroatoms. The fourth-order valence-electron chi connectivity index (χ4n) is 5.75. The third-order valence-electron chi connectivity index (χ3n) is 8.16. The molecule has 1 fully saturated rings. The average Bonchev–Trinajstić information content (AvgIpc) is 2.97. The fraction of sp³-hybridized carbons (Fsp3) is 0.424. The zero-order valence-electron chi connectivity index (χ0n) is 24.6. The van der Waals surface area contributed by atoms with E-state index >= 15 is 0 Å². The number of carbonyl (C=O) groups is 3. The average molecular weight is 573 g/mol. The van der Waals surface area contributed by atoms with Gasteiger partial charge in [0, 0.05) is 11.0 Å². The zero-order valence-corrected chi connectivity index (χ0v) is 24.6. The third kappa shape index (κ3) is 7.32. The maximum Gasteiger partial charge on any atom is 0.405 e. The Morgan fingerprint density at radius 3 is 2.31 bits per heavy atom. The van der Waals surface area contributed by atoms with Crippen molar-refractivity contribution in [3.05, 3.63) is 78.0 Å². The first-order valence-corrected chi connectivity index (χ1v) is 14.6. The van der Waals surface area contributed by atoms with Gasteiger partial charge in [-0.25, -0.2) is 4.79 Å². The Kier molecular flexibility index (Phi) is 9.93. The molecule has 0 bridgehead atoms. The van der Waals surface area contributed by atoms with Crippen molar-refractivity contribution in [3.63, 3.8) is 0 Å². The molecule has 1 saturated carbocycles. The van der Waals surface area contributed by atoms with E-state index in [1.807, 2.05) is 80.6 Å². The minimum atomic E-state index is -1.59. The van der Waals surface area contributed by atoms with Crippen LogP contribution in [0.4, 0.5) is 4.79 Å². The molecule has 1 aromatic heterocycles. The monoisotopic (exact) mass is 572 g/mol. The van der Waals surface area contributed by atoms with Gasteiger partial charge in [0.05, 0.1) is 18.3 Å².